The van der Waals surface area contributed by atoms with Crippen LogP contribution in [0.15, 0.2) is 23.2 Å². The molecule has 0 amide bonds. The zero-order valence-electron chi connectivity index (χ0n) is 7.07. The summed E-state index contributed by atoms with van der Waals surface area (Å²) >= 11 is 0. The van der Waals surface area contributed by atoms with Crippen LogP contribution in [0, 0.1) is 0 Å². The Hall–Kier alpha value is -1.77. The highest BCUT2D eigenvalue weighted by Gasteiger charge is 2.09. The minimum atomic E-state index is 0.257. The van der Waals surface area contributed by atoms with Crippen molar-refractivity contribution in [1.82, 2.24) is 0 Å². The summed E-state index contributed by atoms with van der Waals surface area (Å²) in [7, 11) is 0. The van der Waals surface area contributed by atoms with Gasteiger partial charge in [-0.05, 0) is 18.2 Å². The Bertz CT molecular complexity index is 394. The number of allylic oxidation sites excluding steroid dienone is 1. The van der Waals surface area contributed by atoms with Gasteiger partial charge in [0.15, 0.2) is 0 Å². The molecular formula is C10H10N2O. The van der Waals surface area contributed by atoms with Crippen molar-refractivity contribution in [1.29, 1.82) is 0 Å². The van der Waals surface area contributed by atoms with Gasteiger partial charge in [0.25, 0.3) is 0 Å². The normalized spacial score (nSPS) is 13.8. The van der Waals surface area contributed by atoms with Crippen LogP contribution in [0.3, 0.4) is 0 Å². The van der Waals surface area contributed by atoms with Gasteiger partial charge in [-0.2, -0.15) is 0 Å². The molecular weight excluding hydrogens is 164 g/mol. The molecule has 0 spiro atoms. The van der Waals surface area contributed by atoms with Crippen molar-refractivity contribution >= 4 is 18.0 Å². The van der Waals surface area contributed by atoms with Crippen LogP contribution >= 0.6 is 0 Å². The van der Waals surface area contributed by atoms with Crippen molar-refractivity contribution in [3.63, 3.8) is 0 Å². The van der Waals surface area contributed by atoms with Crippen LogP contribution in [0.25, 0.3) is 6.08 Å². The maximum atomic E-state index is 9.54. The molecule has 13 heavy (non-hydrogen) atoms. The average molecular weight is 174 g/mol. The molecule has 66 valence electrons. The molecule has 0 unspecified atom stereocenters. The first kappa shape index (κ1) is 7.86. The monoisotopic (exact) mass is 174 g/mol. The van der Waals surface area contributed by atoms with E-state index in [1.807, 2.05) is 12.2 Å². The Morgan fingerprint density at radius 2 is 2.23 bits per heavy atom. The van der Waals surface area contributed by atoms with E-state index in [0.29, 0.717) is 12.2 Å². The number of rotatable bonds is 0. The summed E-state index contributed by atoms with van der Waals surface area (Å²) in [6, 6.07) is 3.30. The molecule has 1 aromatic rings. The maximum absolute atomic E-state index is 9.54. The van der Waals surface area contributed by atoms with Gasteiger partial charge >= 0.3 is 0 Å². The molecule has 0 fully saturated rings. The topological polar surface area (TPSA) is 58.6 Å². The zero-order chi connectivity index (χ0) is 9.26. The van der Waals surface area contributed by atoms with Crippen molar-refractivity contribution in [3.05, 3.63) is 29.3 Å². The summed E-state index contributed by atoms with van der Waals surface area (Å²) in [4.78, 5) is 4.09. The number of phenolic OH excluding ortho intramolecular Hbond substituents is 1. The number of aromatic hydroxyl groups is 1. The van der Waals surface area contributed by atoms with Crippen molar-refractivity contribution in [2.24, 2.45) is 4.99 Å². The molecule has 0 saturated carbocycles. The van der Waals surface area contributed by atoms with Gasteiger partial charge in [0.2, 0.25) is 0 Å². The summed E-state index contributed by atoms with van der Waals surface area (Å²) in [5.41, 5.74) is 8.11. The third kappa shape index (κ3) is 1.28. The average Bonchev–Trinajstić information content (AvgIpc) is 2.37. The van der Waals surface area contributed by atoms with Crippen LogP contribution in [-0.2, 0) is 6.54 Å². The predicted octanol–water partition coefficient (Wildman–Crippen LogP) is 1.57. The second-order valence-corrected chi connectivity index (χ2v) is 2.92. The first-order chi connectivity index (χ1) is 6.29. The van der Waals surface area contributed by atoms with Crippen LogP contribution in [0.4, 0.5) is 5.69 Å². The molecule has 3 nitrogen and oxygen atoms in total. The fourth-order valence-corrected chi connectivity index (χ4v) is 1.38. The minimum absolute atomic E-state index is 0.257. The third-order valence-corrected chi connectivity index (χ3v) is 2.07. The molecule has 1 aliphatic heterocycles. The first-order valence-corrected chi connectivity index (χ1v) is 4.06. The van der Waals surface area contributed by atoms with E-state index in [9.17, 15) is 5.11 Å². The summed E-state index contributed by atoms with van der Waals surface area (Å²) in [5.74, 6) is 0.257. The Kier molecular flexibility index (Phi) is 1.77. The van der Waals surface area contributed by atoms with Crippen LogP contribution in [0.1, 0.15) is 11.1 Å². The first-order valence-electron chi connectivity index (χ1n) is 4.06. The van der Waals surface area contributed by atoms with Gasteiger partial charge in [0.05, 0.1) is 6.54 Å². The van der Waals surface area contributed by atoms with Gasteiger partial charge in [-0.3, -0.25) is 4.99 Å². The van der Waals surface area contributed by atoms with E-state index in [-0.39, 0.29) is 5.75 Å². The molecule has 1 heterocycles. The summed E-state index contributed by atoms with van der Waals surface area (Å²) in [6.45, 7) is 0.485. The van der Waals surface area contributed by atoms with Crippen molar-refractivity contribution < 1.29 is 5.11 Å². The lowest BCUT2D eigenvalue weighted by atomic mass is 10.0. The van der Waals surface area contributed by atoms with Gasteiger partial charge in [-0.25, -0.2) is 0 Å². The number of aliphatic imine (C=N–C) groups is 1. The Morgan fingerprint density at radius 3 is 3.08 bits per heavy atom. The van der Waals surface area contributed by atoms with E-state index in [0.717, 1.165) is 11.1 Å². The lowest BCUT2D eigenvalue weighted by Crippen LogP contribution is -1.94. The quantitative estimate of drug-likeness (QED) is 0.463. The second-order valence-electron chi connectivity index (χ2n) is 2.92. The van der Waals surface area contributed by atoms with Gasteiger partial charge in [0.1, 0.15) is 5.75 Å². The lowest BCUT2D eigenvalue weighted by molar-refractivity contribution is 0.468. The molecule has 3 heteroatoms. The SMILES string of the molecule is Nc1ccc(O)c2c1C=CC=NC2. The number of nitrogen functional groups attached to an aromatic ring is 1. The number of hydrogen-bond acceptors (Lipinski definition) is 3. The predicted molar refractivity (Wildman–Crippen MR) is 53.7 cm³/mol. The van der Waals surface area contributed by atoms with E-state index in [4.69, 9.17) is 5.73 Å². The minimum Gasteiger partial charge on any atom is -0.508 e. The highest BCUT2D eigenvalue weighted by Crippen LogP contribution is 2.28. The number of benzene rings is 1. The van der Waals surface area contributed by atoms with E-state index in [2.05, 4.69) is 4.99 Å². The highest BCUT2D eigenvalue weighted by molar-refractivity contribution is 5.83. The van der Waals surface area contributed by atoms with Crippen molar-refractivity contribution in [2.75, 3.05) is 5.73 Å². The smallest absolute Gasteiger partial charge is 0.121 e. The van der Waals surface area contributed by atoms with E-state index in [1.165, 1.54) is 0 Å². The molecule has 0 bridgehead atoms. The largest absolute Gasteiger partial charge is 0.508 e. The van der Waals surface area contributed by atoms with Crippen LogP contribution in [0.2, 0.25) is 0 Å². The molecule has 0 saturated heterocycles. The molecule has 0 aromatic heterocycles. The Labute approximate surface area is 76.2 Å². The van der Waals surface area contributed by atoms with Gasteiger partial charge in [-0.15, -0.1) is 0 Å². The van der Waals surface area contributed by atoms with Crippen molar-refractivity contribution in [3.8, 4) is 5.75 Å². The van der Waals surface area contributed by atoms with Crippen molar-refractivity contribution in [2.45, 2.75) is 6.54 Å². The van der Waals surface area contributed by atoms with E-state index in [1.54, 1.807) is 18.3 Å². The Balaban J connectivity index is 2.66. The molecule has 0 aliphatic carbocycles. The van der Waals surface area contributed by atoms with Crippen LogP contribution in [-0.4, -0.2) is 11.3 Å². The fourth-order valence-electron chi connectivity index (χ4n) is 1.38. The maximum Gasteiger partial charge on any atom is 0.121 e. The molecule has 0 atom stereocenters. The summed E-state index contributed by atoms with van der Waals surface area (Å²) < 4.78 is 0. The number of phenols is 1. The number of fused-ring (bicyclic) bond motifs is 1. The number of nitrogens with two attached hydrogens (primary N) is 1. The fraction of sp³-hybridized carbons (Fsp3) is 0.100. The summed E-state index contributed by atoms with van der Waals surface area (Å²) in [6.07, 6.45) is 5.39. The van der Waals surface area contributed by atoms with E-state index < -0.39 is 0 Å². The molecule has 2 rings (SSSR count). The lowest BCUT2D eigenvalue weighted by Gasteiger charge is -2.07. The molecule has 3 N–H and O–H groups in total. The Morgan fingerprint density at radius 1 is 1.38 bits per heavy atom. The zero-order valence-corrected chi connectivity index (χ0v) is 7.07. The van der Waals surface area contributed by atoms with Gasteiger partial charge in [0, 0.05) is 23.0 Å². The molecule has 1 aromatic carbocycles. The molecule has 1 aliphatic rings. The standard InChI is InChI=1S/C10H10N2O/c11-9-3-4-10(13)8-6-12-5-1-2-7(8)9/h1-5,13H,6,11H2. The van der Waals surface area contributed by atoms with E-state index >= 15 is 0 Å². The third-order valence-electron chi connectivity index (χ3n) is 2.07. The van der Waals surface area contributed by atoms with Crippen LogP contribution < -0.4 is 5.73 Å². The van der Waals surface area contributed by atoms with Gasteiger partial charge < -0.3 is 10.8 Å². The van der Waals surface area contributed by atoms with Crippen LogP contribution in [0.5, 0.6) is 5.75 Å². The van der Waals surface area contributed by atoms with Gasteiger partial charge in [-0.1, -0.05) is 6.08 Å². The number of anilines is 1. The highest BCUT2D eigenvalue weighted by atomic mass is 16.3. The number of hydrogen-bond donors (Lipinski definition) is 2. The molecule has 0 radical (unpaired) electrons. The number of nitrogens with zero attached hydrogens (tertiary/aromatic N) is 1. The summed E-state index contributed by atoms with van der Waals surface area (Å²) in [5, 5.41) is 9.54. The second kappa shape index (κ2) is 2.94.